The number of nitrogens with two attached hydrogens (primary N) is 1. The summed E-state index contributed by atoms with van der Waals surface area (Å²) in [5.41, 5.74) is 6.37. The van der Waals surface area contributed by atoms with Gasteiger partial charge in [0, 0.05) is 21.8 Å². The number of anilines is 1. The molecule has 2 aromatic rings. The topological polar surface area (TPSA) is 56.0 Å². The van der Waals surface area contributed by atoms with Crippen molar-refractivity contribution in [2.75, 3.05) is 5.73 Å². The molecule has 1 heterocycles. The lowest BCUT2D eigenvalue weighted by Gasteiger charge is -2.04. The van der Waals surface area contributed by atoms with Gasteiger partial charge in [-0.25, -0.2) is 4.98 Å². The van der Waals surface area contributed by atoms with Gasteiger partial charge in [-0.05, 0) is 30.3 Å². The molecule has 1 aromatic heterocycles. The highest BCUT2D eigenvalue weighted by Gasteiger charge is 2.13. The molecule has 0 saturated carbocycles. The zero-order valence-electron chi connectivity index (χ0n) is 8.65. The highest BCUT2D eigenvalue weighted by atomic mass is 35.5. The minimum absolute atomic E-state index is 0.189. The van der Waals surface area contributed by atoms with Crippen LogP contribution in [0.15, 0.2) is 36.5 Å². The second-order valence-electron chi connectivity index (χ2n) is 3.42. The van der Waals surface area contributed by atoms with Crippen LogP contribution in [0.4, 0.5) is 5.82 Å². The Kier molecular flexibility index (Phi) is 3.31. The summed E-state index contributed by atoms with van der Waals surface area (Å²) < 4.78 is 0. The Balaban J connectivity index is 2.48. The van der Waals surface area contributed by atoms with Crippen LogP contribution in [0, 0.1) is 0 Å². The molecule has 0 fully saturated rings. The van der Waals surface area contributed by atoms with Crippen LogP contribution < -0.4 is 5.73 Å². The van der Waals surface area contributed by atoms with Gasteiger partial charge in [0.15, 0.2) is 5.78 Å². The maximum absolute atomic E-state index is 12.1. The van der Waals surface area contributed by atoms with E-state index in [2.05, 4.69) is 4.98 Å². The standard InChI is InChI=1S/C12H8Cl2N2O/c13-8-4-7(5-9(14)6-8)11(17)10-2-1-3-16-12(10)15/h1-6H,(H2,15,16). The normalized spacial score (nSPS) is 10.2. The molecule has 0 saturated heterocycles. The summed E-state index contributed by atoms with van der Waals surface area (Å²) in [7, 11) is 0. The van der Waals surface area contributed by atoms with Crippen LogP contribution in [0.3, 0.4) is 0 Å². The first-order chi connectivity index (χ1) is 8.08. The largest absolute Gasteiger partial charge is 0.383 e. The molecule has 2 N–H and O–H groups in total. The van der Waals surface area contributed by atoms with E-state index in [1.807, 2.05) is 0 Å². The summed E-state index contributed by atoms with van der Waals surface area (Å²) in [6.07, 6.45) is 1.52. The van der Waals surface area contributed by atoms with Crippen LogP contribution in [0.25, 0.3) is 0 Å². The van der Waals surface area contributed by atoms with Crippen LogP contribution in [-0.2, 0) is 0 Å². The molecule has 0 aliphatic rings. The summed E-state index contributed by atoms with van der Waals surface area (Å²) in [6.45, 7) is 0. The van der Waals surface area contributed by atoms with E-state index < -0.39 is 0 Å². The highest BCUT2D eigenvalue weighted by molar-refractivity contribution is 6.35. The van der Waals surface area contributed by atoms with Crippen LogP contribution >= 0.6 is 23.2 Å². The van der Waals surface area contributed by atoms with Crippen LogP contribution in [0.5, 0.6) is 0 Å². The summed E-state index contributed by atoms with van der Waals surface area (Å²) in [5, 5.41) is 0.812. The lowest BCUT2D eigenvalue weighted by atomic mass is 10.0. The molecule has 0 aliphatic heterocycles. The van der Waals surface area contributed by atoms with Gasteiger partial charge in [-0.3, -0.25) is 4.79 Å². The van der Waals surface area contributed by atoms with Crippen LogP contribution in [0.2, 0.25) is 10.0 Å². The Morgan fingerprint density at radius 2 is 1.82 bits per heavy atom. The third kappa shape index (κ3) is 2.57. The molecule has 5 heteroatoms. The van der Waals surface area contributed by atoms with Crippen molar-refractivity contribution in [3.63, 3.8) is 0 Å². The number of nitrogens with zero attached hydrogens (tertiary/aromatic N) is 1. The molecule has 1 aromatic carbocycles. The van der Waals surface area contributed by atoms with E-state index in [0.717, 1.165) is 0 Å². The van der Waals surface area contributed by atoms with Crippen molar-refractivity contribution in [1.82, 2.24) is 4.98 Å². The van der Waals surface area contributed by atoms with Gasteiger partial charge < -0.3 is 5.73 Å². The second-order valence-corrected chi connectivity index (χ2v) is 4.30. The number of aromatic nitrogens is 1. The van der Waals surface area contributed by atoms with Gasteiger partial charge >= 0.3 is 0 Å². The summed E-state index contributed by atoms with van der Waals surface area (Å²) in [4.78, 5) is 16.0. The molecule has 0 aliphatic carbocycles. The zero-order valence-corrected chi connectivity index (χ0v) is 10.2. The second kappa shape index (κ2) is 4.73. The Morgan fingerprint density at radius 3 is 2.41 bits per heavy atom. The Labute approximate surface area is 108 Å². The van der Waals surface area contributed by atoms with Gasteiger partial charge in [0.25, 0.3) is 0 Å². The minimum atomic E-state index is -0.250. The molecular weight excluding hydrogens is 259 g/mol. The van der Waals surface area contributed by atoms with Crippen molar-refractivity contribution in [2.24, 2.45) is 0 Å². The molecule has 0 radical (unpaired) electrons. The minimum Gasteiger partial charge on any atom is -0.383 e. The lowest BCUT2D eigenvalue weighted by molar-refractivity contribution is 0.103. The fourth-order valence-electron chi connectivity index (χ4n) is 1.45. The molecule has 3 nitrogen and oxygen atoms in total. The number of carbonyl (C=O) groups excluding carboxylic acids is 1. The molecule has 86 valence electrons. The molecule has 2 rings (SSSR count). The Bertz CT molecular complexity index is 564. The quantitative estimate of drug-likeness (QED) is 0.850. The third-order valence-electron chi connectivity index (χ3n) is 2.21. The molecule has 17 heavy (non-hydrogen) atoms. The average molecular weight is 267 g/mol. The summed E-state index contributed by atoms with van der Waals surface area (Å²) >= 11 is 11.7. The van der Waals surface area contributed by atoms with E-state index in [1.54, 1.807) is 30.3 Å². The van der Waals surface area contributed by atoms with E-state index in [1.165, 1.54) is 6.20 Å². The summed E-state index contributed by atoms with van der Waals surface area (Å²) in [5.74, 6) is -0.0615. The predicted molar refractivity (Wildman–Crippen MR) is 68.5 cm³/mol. The number of hydrogen-bond acceptors (Lipinski definition) is 3. The fraction of sp³-hybridized carbons (Fsp3) is 0. The number of pyridine rings is 1. The van der Waals surface area contributed by atoms with Gasteiger partial charge in [-0.15, -0.1) is 0 Å². The third-order valence-corrected chi connectivity index (χ3v) is 2.64. The number of carbonyl (C=O) groups is 1. The van der Waals surface area contributed by atoms with Gasteiger partial charge in [-0.2, -0.15) is 0 Å². The molecule has 0 bridgehead atoms. The summed E-state index contributed by atoms with van der Waals surface area (Å²) in [6, 6.07) is 7.91. The monoisotopic (exact) mass is 266 g/mol. The number of hydrogen-bond donors (Lipinski definition) is 1. The first kappa shape index (κ1) is 11.9. The maximum Gasteiger partial charge on any atom is 0.196 e. The molecule has 0 amide bonds. The van der Waals surface area contributed by atoms with Gasteiger partial charge in [0.05, 0.1) is 5.56 Å². The first-order valence-electron chi connectivity index (χ1n) is 4.79. The van der Waals surface area contributed by atoms with Crippen molar-refractivity contribution in [2.45, 2.75) is 0 Å². The van der Waals surface area contributed by atoms with E-state index in [0.29, 0.717) is 21.2 Å². The van der Waals surface area contributed by atoms with Gasteiger partial charge in [0.2, 0.25) is 0 Å². The van der Waals surface area contributed by atoms with Crippen molar-refractivity contribution in [1.29, 1.82) is 0 Å². The van der Waals surface area contributed by atoms with Gasteiger partial charge in [-0.1, -0.05) is 23.2 Å². The Hall–Kier alpha value is -1.58. The highest BCUT2D eigenvalue weighted by Crippen LogP contribution is 2.22. The van der Waals surface area contributed by atoms with E-state index in [-0.39, 0.29) is 11.6 Å². The molecular formula is C12H8Cl2N2O. The molecule has 0 atom stereocenters. The molecule has 0 unspecified atom stereocenters. The first-order valence-corrected chi connectivity index (χ1v) is 5.55. The number of ketones is 1. The zero-order chi connectivity index (χ0) is 12.4. The van der Waals surface area contributed by atoms with Crippen molar-refractivity contribution < 1.29 is 4.79 Å². The smallest absolute Gasteiger partial charge is 0.196 e. The SMILES string of the molecule is Nc1ncccc1C(=O)c1cc(Cl)cc(Cl)c1. The number of nitrogen functional groups attached to an aromatic ring is 1. The van der Waals surface area contributed by atoms with Crippen molar-refractivity contribution in [3.05, 3.63) is 57.7 Å². The number of halogens is 2. The van der Waals surface area contributed by atoms with E-state index in [4.69, 9.17) is 28.9 Å². The van der Waals surface area contributed by atoms with Crippen molar-refractivity contribution in [3.8, 4) is 0 Å². The van der Waals surface area contributed by atoms with Crippen molar-refractivity contribution >= 4 is 34.8 Å². The number of benzene rings is 1. The van der Waals surface area contributed by atoms with Gasteiger partial charge in [0.1, 0.15) is 5.82 Å². The average Bonchev–Trinajstić information content (AvgIpc) is 2.27. The van der Waals surface area contributed by atoms with Crippen LogP contribution in [-0.4, -0.2) is 10.8 Å². The maximum atomic E-state index is 12.1. The Morgan fingerprint density at radius 1 is 1.18 bits per heavy atom. The number of rotatable bonds is 2. The lowest BCUT2D eigenvalue weighted by Crippen LogP contribution is -2.06. The fourth-order valence-corrected chi connectivity index (χ4v) is 1.98. The van der Waals surface area contributed by atoms with E-state index in [9.17, 15) is 4.79 Å². The predicted octanol–water partition coefficient (Wildman–Crippen LogP) is 3.20. The van der Waals surface area contributed by atoms with E-state index >= 15 is 0 Å². The molecule has 0 spiro atoms. The van der Waals surface area contributed by atoms with Crippen LogP contribution in [0.1, 0.15) is 15.9 Å².